The molecule has 0 heterocycles. The van der Waals surface area contributed by atoms with E-state index in [-0.39, 0.29) is 0 Å². The Balaban J connectivity index is 0. The molecule has 0 radical (unpaired) electrons. The molecule has 0 fully saturated rings. The summed E-state index contributed by atoms with van der Waals surface area (Å²) in [5.41, 5.74) is 0. The third-order valence-electron chi connectivity index (χ3n) is 1.26. The molecule has 2 N–H and O–H groups in total. The van der Waals surface area contributed by atoms with Gasteiger partial charge in [0, 0.05) is 6.08 Å². The summed E-state index contributed by atoms with van der Waals surface area (Å²) in [6.07, 6.45) is 1.29. The van der Waals surface area contributed by atoms with Gasteiger partial charge in [-0.2, -0.15) is 8.42 Å². The molecule has 78 valence electrons. The Morgan fingerprint density at radius 3 is 1.92 bits per heavy atom. The summed E-state index contributed by atoms with van der Waals surface area (Å²) in [5.74, 6) is -0.981. The Labute approximate surface area is 77.8 Å². The predicted octanol–water partition coefficient (Wildman–Crippen LogP) is 0.930. The fraction of sp³-hybridized carbons (Fsp3) is 0.571. The first-order valence-electron chi connectivity index (χ1n) is 3.57. The highest BCUT2D eigenvalue weighted by Gasteiger charge is 2.13. The first-order chi connectivity index (χ1) is 5.75. The lowest BCUT2D eigenvalue weighted by atomic mass is 10.4. The van der Waals surface area contributed by atoms with E-state index in [1.165, 1.54) is 6.92 Å². The molecule has 0 spiro atoms. The molecular weight excluding hydrogens is 196 g/mol. The van der Waals surface area contributed by atoms with E-state index in [2.05, 4.69) is 6.58 Å². The number of carboxylic acid groups (broad SMARTS) is 1. The normalized spacial score (nSPS) is 12.2. The molecule has 0 rings (SSSR count). The lowest BCUT2D eigenvalue weighted by Crippen LogP contribution is -2.14. The van der Waals surface area contributed by atoms with E-state index >= 15 is 0 Å². The van der Waals surface area contributed by atoms with Crippen molar-refractivity contribution < 1.29 is 22.9 Å². The van der Waals surface area contributed by atoms with Gasteiger partial charge in [0.15, 0.2) is 0 Å². The maximum absolute atomic E-state index is 10.1. The maximum atomic E-state index is 10.1. The van der Waals surface area contributed by atoms with Crippen molar-refractivity contribution >= 4 is 16.1 Å². The first kappa shape index (κ1) is 14.6. The van der Waals surface area contributed by atoms with Crippen molar-refractivity contribution in [2.75, 3.05) is 0 Å². The molecule has 1 unspecified atom stereocenters. The minimum absolute atomic E-state index is 0.457. The highest BCUT2D eigenvalue weighted by Crippen LogP contribution is 1.99. The van der Waals surface area contributed by atoms with Crippen molar-refractivity contribution in [2.24, 2.45) is 0 Å². The van der Waals surface area contributed by atoms with Gasteiger partial charge in [0.05, 0.1) is 5.25 Å². The number of hydrogen-bond acceptors (Lipinski definition) is 3. The third kappa shape index (κ3) is 11.1. The van der Waals surface area contributed by atoms with Gasteiger partial charge in [-0.15, -0.1) is 0 Å². The molecule has 0 aromatic rings. The van der Waals surface area contributed by atoms with Gasteiger partial charge in [-0.1, -0.05) is 13.5 Å². The molecule has 0 amide bonds. The second-order valence-electron chi connectivity index (χ2n) is 2.28. The molecule has 0 saturated heterocycles. The molecule has 13 heavy (non-hydrogen) atoms. The summed E-state index contributed by atoms with van der Waals surface area (Å²) in [5, 5.41) is 6.98. The van der Waals surface area contributed by atoms with E-state index in [0.29, 0.717) is 6.42 Å². The van der Waals surface area contributed by atoms with E-state index in [9.17, 15) is 13.2 Å². The summed E-state index contributed by atoms with van der Waals surface area (Å²) in [6, 6.07) is 0. The van der Waals surface area contributed by atoms with Crippen molar-refractivity contribution in [1.29, 1.82) is 0 Å². The van der Waals surface area contributed by atoms with Crippen molar-refractivity contribution in [1.82, 2.24) is 0 Å². The van der Waals surface area contributed by atoms with E-state index in [1.54, 1.807) is 6.92 Å². The molecule has 0 aromatic carbocycles. The molecular formula is C7H14O5S. The Morgan fingerprint density at radius 2 is 1.92 bits per heavy atom. The summed E-state index contributed by atoms with van der Waals surface area (Å²) in [7, 11) is -3.75. The Morgan fingerprint density at radius 1 is 1.62 bits per heavy atom. The van der Waals surface area contributed by atoms with Crippen LogP contribution in [0.25, 0.3) is 0 Å². The van der Waals surface area contributed by atoms with Crippen molar-refractivity contribution in [2.45, 2.75) is 25.5 Å². The van der Waals surface area contributed by atoms with Crippen LogP contribution in [0.3, 0.4) is 0 Å². The maximum Gasteiger partial charge on any atom is 0.327 e. The molecule has 0 aliphatic rings. The largest absolute Gasteiger partial charge is 0.478 e. The number of aliphatic carboxylic acids is 1. The van der Waals surface area contributed by atoms with Gasteiger partial charge in [0.25, 0.3) is 10.1 Å². The third-order valence-corrected chi connectivity index (χ3v) is 2.61. The van der Waals surface area contributed by atoms with Gasteiger partial charge >= 0.3 is 5.97 Å². The van der Waals surface area contributed by atoms with Gasteiger partial charge in [0.1, 0.15) is 0 Å². The van der Waals surface area contributed by atoms with Gasteiger partial charge in [-0.25, -0.2) is 4.79 Å². The predicted molar refractivity (Wildman–Crippen MR) is 49.1 cm³/mol. The molecule has 0 aromatic heterocycles. The first-order valence-corrected chi connectivity index (χ1v) is 5.07. The lowest BCUT2D eigenvalue weighted by molar-refractivity contribution is -0.131. The fourth-order valence-electron chi connectivity index (χ4n) is 0.211. The van der Waals surface area contributed by atoms with E-state index in [4.69, 9.17) is 9.66 Å². The highest BCUT2D eigenvalue weighted by atomic mass is 32.2. The van der Waals surface area contributed by atoms with Crippen LogP contribution in [-0.4, -0.2) is 29.3 Å². The zero-order valence-corrected chi connectivity index (χ0v) is 8.41. The summed E-state index contributed by atoms with van der Waals surface area (Å²) >= 11 is 0. The smallest absolute Gasteiger partial charge is 0.327 e. The van der Waals surface area contributed by atoms with Crippen LogP contribution in [0.1, 0.15) is 20.3 Å². The van der Waals surface area contributed by atoms with Gasteiger partial charge in [-0.05, 0) is 13.3 Å². The molecule has 1 atom stereocenters. The molecule has 0 saturated carbocycles. The van der Waals surface area contributed by atoms with Crippen LogP contribution in [0.4, 0.5) is 0 Å². The van der Waals surface area contributed by atoms with E-state index in [0.717, 1.165) is 6.08 Å². The molecule has 5 nitrogen and oxygen atoms in total. The minimum atomic E-state index is -3.75. The SMILES string of the molecule is C=CC(=O)O.CCC(C)S(=O)(=O)O. The van der Waals surface area contributed by atoms with Crippen LogP contribution in [-0.2, 0) is 14.9 Å². The molecule has 0 bridgehead atoms. The zero-order valence-electron chi connectivity index (χ0n) is 7.60. The summed E-state index contributed by atoms with van der Waals surface area (Å²) in [6.45, 7) is 6.14. The Hall–Kier alpha value is -0.880. The summed E-state index contributed by atoms with van der Waals surface area (Å²) < 4.78 is 28.5. The minimum Gasteiger partial charge on any atom is -0.478 e. The van der Waals surface area contributed by atoms with Crippen LogP contribution in [0.15, 0.2) is 12.7 Å². The van der Waals surface area contributed by atoms with Crippen LogP contribution in [0.2, 0.25) is 0 Å². The van der Waals surface area contributed by atoms with Crippen molar-refractivity contribution in [3.63, 3.8) is 0 Å². The van der Waals surface area contributed by atoms with E-state index in [1.807, 2.05) is 0 Å². The van der Waals surface area contributed by atoms with Gasteiger partial charge in [0.2, 0.25) is 0 Å². The molecule has 0 aliphatic heterocycles. The highest BCUT2D eigenvalue weighted by molar-refractivity contribution is 7.86. The number of carboxylic acids is 1. The van der Waals surface area contributed by atoms with Gasteiger partial charge < -0.3 is 5.11 Å². The Kier molecular flexibility index (Phi) is 7.45. The fourth-order valence-corrected chi connectivity index (χ4v) is 0.632. The summed E-state index contributed by atoms with van der Waals surface area (Å²) in [4.78, 5) is 9.25. The van der Waals surface area contributed by atoms with Crippen LogP contribution >= 0.6 is 0 Å². The Bertz CT molecular complexity index is 254. The lowest BCUT2D eigenvalue weighted by Gasteiger charge is -2.00. The molecule has 6 heteroatoms. The average Bonchev–Trinajstić information content (AvgIpc) is 2.02. The quantitative estimate of drug-likeness (QED) is 0.534. The average molecular weight is 210 g/mol. The number of carbonyl (C=O) groups is 1. The van der Waals surface area contributed by atoms with Gasteiger partial charge in [-0.3, -0.25) is 4.55 Å². The molecule has 0 aliphatic carbocycles. The number of rotatable bonds is 3. The second kappa shape index (κ2) is 6.62. The number of hydrogen-bond donors (Lipinski definition) is 2. The van der Waals surface area contributed by atoms with Crippen LogP contribution in [0.5, 0.6) is 0 Å². The second-order valence-corrected chi connectivity index (χ2v) is 4.11. The van der Waals surface area contributed by atoms with E-state index < -0.39 is 21.3 Å². The van der Waals surface area contributed by atoms with Crippen LogP contribution in [0, 0.1) is 0 Å². The standard InChI is InChI=1S/C4H10O3S.C3H4O2/c1-3-4(2)8(5,6)7;1-2-3(4)5/h4H,3H2,1-2H3,(H,5,6,7);2H,1H2,(H,4,5). The zero-order chi connectivity index (χ0) is 11.1. The monoisotopic (exact) mass is 210 g/mol. The van der Waals surface area contributed by atoms with Crippen molar-refractivity contribution in [3.8, 4) is 0 Å². The topological polar surface area (TPSA) is 91.7 Å². The van der Waals surface area contributed by atoms with Crippen molar-refractivity contribution in [3.05, 3.63) is 12.7 Å². The van der Waals surface area contributed by atoms with Crippen LogP contribution < -0.4 is 0 Å².